The second-order valence-corrected chi connectivity index (χ2v) is 8.21. The molecule has 0 saturated carbocycles. The molecule has 0 aliphatic carbocycles. The molecule has 1 aromatic rings. The van der Waals surface area contributed by atoms with Crippen molar-refractivity contribution in [1.29, 1.82) is 0 Å². The fraction of sp³-hybridized carbons (Fsp3) is 0.600. The van der Waals surface area contributed by atoms with E-state index in [4.69, 9.17) is 0 Å². The van der Waals surface area contributed by atoms with Gasteiger partial charge in [-0.1, -0.05) is 12.1 Å². The number of rotatable bonds is 5. The predicted molar refractivity (Wildman–Crippen MR) is 81.6 cm³/mol. The van der Waals surface area contributed by atoms with Crippen molar-refractivity contribution in [2.75, 3.05) is 25.4 Å². The van der Waals surface area contributed by atoms with Crippen molar-refractivity contribution in [1.82, 2.24) is 4.90 Å². The number of aliphatic hydroxyl groups excluding tert-OH is 1. The Morgan fingerprint density at radius 3 is 2.55 bits per heavy atom. The fourth-order valence-electron chi connectivity index (χ4n) is 2.56. The third kappa shape index (κ3) is 4.47. The van der Waals surface area contributed by atoms with Gasteiger partial charge < -0.3 is 9.84 Å². The maximum absolute atomic E-state index is 12.1. The summed E-state index contributed by atoms with van der Waals surface area (Å²) in [7, 11) is -0.850. The van der Waals surface area contributed by atoms with Gasteiger partial charge in [0.1, 0.15) is 5.75 Å². The van der Waals surface area contributed by atoms with Crippen molar-refractivity contribution in [3.63, 3.8) is 0 Å². The SMILES string of the molecule is CC1(C)CN(CC(O)c2ccc(OC(F)F)cc2)CCS1=O. The van der Waals surface area contributed by atoms with Crippen LogP contribution in [0.2, 0.25) is 0 Å². The van der Waals surface area contributed by atoms with Crippen LogP contribution in [0.25, 0.3) is 0 Å². The third-order valence-electron chi connectivity index (χ3n) is 3.73. The van der Waals surface area contributed by atoms with Crippen LogP contribution < -0.4 is 4.74 Å². The zero-order valence-electron chi connectivity index (χ0n) is 12.7. The number of ether oxygens (including phenoxy) is 1. The summed E-state index contributed by atoms with van der Waals surface area (Å²) in [5, 5.41) is 10.3. The molecular formula is C15H21F2NO3S. The van der Waals surface area contributed by atoms with Gasteiger partial charge in [0.25, 0.3) is 0 Å². The highest BCUT2D eigenvalue weighted by Gasteiger charge is 2.33. The van der Waals surface area contributed by atoms with E-state index in [-0.39, 0.29) is 10.5 Å². The van der Waals surface area contributed by atoms with Crippen LogP contribution in [0.4, 0.5) is 8.78 Å². The molecule has 1 aliphatic heterocycles. The van der Waals surface area contributed by atoms with E-state index in [0.717, 1.165) is 0 Å². The highest BCUT2D eigenvalue weighted by Crippen LogP contribution is 2.24. The van der Waals surface area contributed by atoms with Crippen LogP contribution in [0.5, 0.6) is 5.75 Å². The van der Waals surface area contributed by atoms with Gasteiger partial charge in [-0.15, -0.1) is 0 Å². The number of alkyl halides is 2. The van der Waals surface area contributed by atoms with Gasteiger partial charge in [0, 0.05) is 36.2 Å². The molecule has 124 valence electrons. The number of aliphatic hydroxyl groups is 1. The molecule has 4 nitrogen and oxygen atoms in total. The van der Waals surface area contributed by atoms with E-state index >= 15 is 0 Å². The number of hydrogen-bond acceptors (Lipinski definition) is 4. The van der Waals surface area contributed by atoms with Crippen molar-refractivity contribution in [2.24, 2.45) is 0 Å². The van der Waals surface area contributed by atoms with Crippen molar-refractivity contribution in [2.45, 2.75) is 31.3 Å². The van der Waals surface area contributed by atoms with Gasteiger partial charge in [0.15, 0.2) is 0 Å². The zero-order chi connectivity index (χ0) is 16.3. The first kappa shape index (κ1) is 17.3. The normalized spacial score (nSPS) is 23.5. The van der Waals surface area contributed by atoms with Crippen LogP contribution in [-0.2, 0) is 10.8 Å². The Bertz CT molecular complexity index is 522. The smallest absolute Gasteiger partial charge is 0.387 e. The Balaban J connectivity index is 1.94. The fourth-order valence-corrected chi connectivity index (χ4v) is 3.86. The van der Waals surface area contributed by atoms with Crippen LogP contribution >= 0.6 is 0 Å². The summed E-state index contributed by atoms with van der Waals surface area (Å²) < 4.78 is 40.1. The van der Waals surface area contributed by atoms with E-state index in [0.29, 0.717) is 31.0 Å². The first-order valence-corrected chi connectivity index (χ1v) is 8.43. The van der Waals surface area contributed by atoms with Gasteiger partial charge >= 0.3 is 6.61 Å². The van der Waals surface area contributed by atoms with E-state index in [2.05, 4.69) is 9.64 Å². The molecule has 0 bridgehead atoms. The zero-order valence-corrected chi connectivity index (χ0v) is 13.5. The van der Waals surface area contributed by atoms with Crippen LogP contribution in [0.15, 0.2) is 24.3 Å². The molecule has 0 aromatic heterocycles. The molecule has 1 N–H and O–H groups in total. The summed E-state index contributed by atoms with van der Waals surface area (Å²) in [6.07, 6.45) is -0.720. The molecule has 2 rings (SSSR count). The molecule has 0 radical (unpaired) electrons. The molecule has 2 unspecified atom stereocenters. The van der Waals surface area contributed by atoms with Gasteiger partial charge in [-0.05, 0) is 31.5 Å². The molecule has 22 heavy (non-hydrogen) atoms. The predicted octanol–water partition coefficient (Wildman–Crippen LogP) is 2.16. The maximum Gasteiger partial charge on any atom is 0.387 e. The first-order chi connectivity index (χ1) is 10.3. The van der Waals surface area contributed by atoms with Crippen molar-refractivity contribution in [3.05, 3.63) is 29.8 Å². The number of benzene rings is 1. The Morgan fingerprint density at radius 2 is 2.00 bits per heavy atom. The number of nitrogens with zero attached hydrogens (tertiary/aromatic N) is 1. The lowest BCUT2D eigenvalue weighted by atomic mass is 10.1. The average molecular weight is 333 g/mol. The Hall–Kier alpha value is -1.05. The van der Waals surface area contributed by atoms with Crippen LogP contribution in [0, 0.1) is 0 Å². The van der Waals surface area contributed by atoms with Crippen molar-refractivity contribution >= 4 is 10.8 Å². The number of hydrogen-bond donors (Lipinski definition) is 1. The summed E-state index contributed by atoms with van der Waals surface area (Å²) in [4.78, 5) is 2.08. The molecule has 2 atom stereocenters. The second kappa shape index (κ2) is 7.02. The van der Waals surface area contributed by atoms with Gasteiger partial charge in [-0.2, -0.15) is 8.78 Å². The third-order valence-corrected chi connectivity index (χ3v) is 5.65. The second-order valence-electron chi connectivity index (χ2n) is 6.01. The molecule has 1 aromatic carbocycles. The molecule has 1 fully saturated rings. The largest absolute Gasteiger partial charge is 0.435 e. The van der Waals surface area contributed by atoms with E-state index in [1.54, 1.807) is 12.1 Å². The summed E-state index contributed by atoms with van der Waals surface area (Å²) in [5.41, 5.74) is 0.645. The van der Waals surface area contributed by atoms with E-state index < -0.39 is 23.5 Å². The van der Waals surface area contributed by atoms with E-state index in [1.165, 1.54) is 12.1 Å². The molecule has 1 saturated heterocycles. The van der Waals surface area contributed by atoms with E-state index in [9.17, 15) is 18.1 Å². The van der Waals surface area contributed by atoms with Crippen molar-refractivity contribution in [3.8, 4) is 5.75 Å². The number of β-amino-alcohol motifs (C(OH)–C–C–N with tert-alkyl or cyclic N) is 1. The monoisotopic (exact) mass is 333 g/mol. The average Bonchev–Trinajstić information content (AvgIpc) is 2.42. The molecular weight excluding hydrogens is 312 g/mol. The highest BCUT2D eigenvalue weighted by atomic mass is 32.2. The molecule has 1 aliphatic rings. The first-order valence-electron chi connectivity index (χ1n) is 7.11. The van der Waals surface area contributed by atoms with Crippen LogP contribution in [-0.4, -0.2) is 51.0 Å². The molecule has 0 amide bonds. The topological polar surface area (TPSA) is 49.8 Å². The summed E-state index contributed by atoms with van der Waals surface area (Å²) >= 11 is 0. The minimum atomic E-state index is -2.85. The van der Waals surface area contributed by atoms with Gasteiger partial charge in [-0.3, -0.25) is 9.11 Å². The Morgan fingerprint density at radius 1 is 1.36 bits per heavy atom. The lowest BCUT2D eigenvalue weighted by Crippen LogP contribution is -2.50. The molecule has 1 heterocycles. The minimum absolute atomic E-state index is 0.0699. The summed E-state index contributed by atoms with van der Waals surface area (Å²) in [6.45, 7) is 2.82. The molecule has 7 heteroatoms. The quantitative estimate of drug-likeness (QED) is 0.897. The Kier molecular flexibility index (Phi) is 5.52. The van der Waals surface area contributed by atoms with Crippen LogP contribution in [0.3, 0.4) is 0 Å². The number of halogens is 2. The Labute approximate surface area is 131 Å². The van der Waals surface area contributed by atoms with Gasteiger partial charge in [-0.25, -0.2) is 0 Å². The standard InChI is InChI=1S/C15H21F2NO3S/c1-15(2)10-18(7-8-22(15)20)9-13(19)11-3-5-12(6-4-11)21-14(16)17/h3-6,13-14,19H,7-10H2,1-2H3. The molecule has 0 spiro atoms. The maximum atomic E-state index is 12.1. The van der Waals surface area contributed by atoms with Gasteiger partial charge in [0.2, 0.25) is 0 Å². The highest BCUT2D eigenvalue weighted by molar-refractivity contribution is 7.86. The summed E-state index contributed by atoms with van der Waals surface area (Å²) in [5.74, 6) is 0.668. The van der Waals surface area contributed by atoms with Crippen LogP contribution in [0.1, 0.15) is 25.5 Å². The lowest BCUT2D eigenvalue weighted by molar-refractivity contribution is -0.0498. The minimum Gasteiger partial charge on any atom is -0.435 e. The van der Waals surface area contributed by atoms with Gasteiger partial charge in [0.05, 0.1) is 10.9 Å². The lowest BCUT2D eigenvalue weighted by Gasteiger charge is -2.38. The van der Waals surface area contributed by atoms with E-state index in [1.807, 2.05) is 13.8 Å². The summed E-state index contributed by atoms with van der Waals surface area (Å²) in [6, 6.07) is 5.99. The van der Waals surface area contributed by atoms with Crippen molar-refractivity contribution < 1.29 is 22.8 Å².